The summed E-state index contributed by atoms with van der Waals surface area (Å²) in [7, 11) is 0. The number of anilines is 1. The Morgan fingerprint density at radius 2 is 1.89 bits per heavy atom. The van der Waals surface area contributed by atoms with Crippen molar-refractivity contribution in [3.8, 4) is 0 Å². The van der Waals surface area contributed by atoms with Crippen molar-refractivity contribution in [1.29, 1.82) is 0 Å². The van der Waals surface area contributed by atoms with E-state index in [9.17, 15) is 14.0 Å². The van der Waals surface area contributed by atoms with Gasteiger partial charge >= 0.3 is 0 Å². The fourth-order valence-electron chi connectivity index (χ4n) is 6.26. The summed E-state index contributed by atoms with van der Waals surface area (Å²) in [5.41, 5.74) is 9.82. The summed E-state index contributed by atoms with van der Waals surface area (Å²) in [4.78, 5) is 29.2. The normalized spacial score (nSPS) is 25.5. The first-order valence-corrected chi connectivity index (χ1v) is 13.1. The molecule has 1 aromatic heterocycles. The van der Waals surface area contributed by atoms with Gasteiger partial charge in [-0.1, -0.05) is 24.1 Å². The van der Waals surface area contributed by atoms with E-state index in [2.05, 4.69) is 11.6 Å². The van der Waals surface area contributed by atoms with E-state index < -0.39 is 18.8 Å². The molecule has 1 saturated heterocycles. The molecule has 3 fully saturated rings. The number of fused-ring (bicyclic) bond motifs is 1. The van der Waals surface area contributed by atoms with E-state index in [1.54, 1.807) is 6.07 Å². The largest absolute Gasteiger partial charge is 0.591 e. The van der Waals surface area contributed by atoms with Crippen LogP contribution in [0.25, 0.3) is 11.0 Å². The van der Waals surface area contributed by atoms with Crippen molar-refractivity contribution >= 4 is 28.5 Å². The fourth-order valence-corrected chi connectivity index (χ4v) is 6.26. The first-order chi connectivity index (χ1) is 17.0. The number of nitrogens with two attached hydrogens (primary N) is 1. The summed E-state index contributed by atoms with van der Waals surface area (Å²) in [5, 5.41) is 3.94. The molecule has 197 valence electrons. The zero-order valence-corrected chi connectivity index (χ0v) is 21.6. The van der Waals surface area contributed by atoms with E-state index in [4.69, 9.17) is 10.2 Å². The Bertz CT molecular complexity index is 1100. The van der Waals surface area contributed by atoms with Crippen LogP contribution in [-0.2, 0) is 26.4 Å². The van der Waals surface area contributed by atoms with Crippen molar-refractivity contribution < 1.29 is 35.2 Å². The summed E-state index contributed by atoms with van der Waals surface area (Å²) in [6.07, 6.45) is 12.0. The minimum atomic E-state index is -0.562. The second-order valence-corrected chi connectivity index (χ2v) is 10.4. The average Bonchev–Trinajstić information content (AvgIpc) is 3.55. The monoisotopic (exact) mass is 539 g/mol. The number of amides is 2. The van der Waals surface area contributed by atoms with Crippen molar-refractivity contribution in [2.75, 3.05) is 18.5 Å². The third kappa shape index (κ3) is 5.55. The van der Waals surface area contributed by atoms with Gasteiger partial charge in [0, 0.05) is 41.0 Å². The first kappa shape index (κ1) is 26.9. The molecule has 2 aliphatic carbocycles. The molecule has 3 N–H and O–H groups in total. The summed E-state index contributed by atoms with van der Waals surface area (Å²) >= 11 is 0. The molecule has 36 heavy (non-hydrogen) atoms. The Labute approximate surface area is 222 Å². The zero-order valence-electron chi connectivity index (χ0n) is 20.6. The second-order valence-electron chi connectivity index (χ2n) is 10.4. The minimum absolute atomic E-state index is 0. The number of rotatable bonds is 5. The van der Waals surface area contributed by atoms with Crippen LogP contribution in [0.15, 0.2) is 39.8 Å². The molecule has 2 saturated carbocycles. The molecule has 6 nitrogen and oxygen atoms in total. The van der Waals surface area contributed by atoms with E-state index in [1.807, 2.05) is 23.1 Å². The van der Waals surface area contributed by atoms with Gasteiger partial charge in [-0.3, -0.25) is 9.59 Å². The van der Waals surface area contributed by atoms with Gasteiger partial charge in [0.15, 0.2) is 0 Å². The van der Waals surface area contributed by atoms with Crippen LogP contribution in [0.5, 0.6) is 0 Å². The van der Waals surface area contributed by atoms with Crippen molar-refractivity contribution in [3.63, 3.8) is 0 Å². The number of halogens is 1. The fraction of sp³-hybridized carbons (Fsp3) is 0.571. The quantitative estimate of drug-likeness (QED) is 0.407. The first-order valence-electron chi connectivity index (χ1n) is 13.1. The SMILES string of the molecule is NC(CF)C1CCC(C(=O)N2CCC(=C3CCCCC3)[C@H]2C(=O)Nc2ccc3o[c-]cc3c2)CC1.[Co]. The number of carbonyl (C=O) groups excluding carboxylic acids is 2. The van der Waals surface area contributed by atoms with Crippen LogP contribution in [0.3, 0.4) is 0 Å². The van der Waals surface area contributed by atoms with Gasteiger partial charge < -0.3 is 20.4 Å². The molecule has 0 spiro atoms. The van der Waals surface area contributed by atoms with Crippen molar-refractivity contribution in [2.45, 2.75) is 76.3 Å². The van der Waals surface area contributed by atoms with Gasteiger partial charge in [-0.15, -0.1) is 11.5 Å². The molecule has 1 aliphatic heterocycles. The van der Waals surface area contributed by atoms with Gasteiger partial charge in [-0.2, -0.15) is 0 Å². The maximum Gasteiger partial charge on any atom is 0.251 e. The van der Waals surface area contributed by atoms with Crippen molar-refractivity contribution in [1.82, 2.24) is 4.90 Å². The van der Waals surface area contributed by atoms with Crippen LogP contribution in [0.1, 0.15) is 64.2 Å². The number of allylic oxidation sites excluding steroid dienone is 1. The standard InChI is InChI=1S/C28H35FN3O3.Co/c29-17-24(30)19-6-8-20(9-7-19)28(34)32-14-12-23(18-4-2-1-3-5-18)26(32)27(33)31-22-10-11-25-21(16-22)13-15-35-25;/h10-11,13,16,19-20,24,26H,1-9,12,14,17,30H2,(H,31,33);/q-1;/t19?,20?,24?,26-;/m0./s1. The molecule has 2 amide bonds. The smallest absolute Gasteiger partial charge is 0.251 e. The van der Waals surface area contributed by atoms with E-state index in [0.29, 0.717) is 30.7 Å². The Morgan fingerprint density at radius 1 is 1.14 bits per heavy atom. The molecule has 1 unspecified atom stereocenters. The van der Waals surface area contributed by atoms with E-state index in [0.717, 1.165) is 55.9 Å². The number of furan rings is 1. The van der Waals surface area contributed by atoms with Crippen LogP contribution in [0.4, 0.5) is 10.1 Å². The molecule has 2 aromatic rings. The number of likely N-dealkylation sites (tertiary alicyclic amines) is 1. The van der Waals surface area contributed by atoms with Gasteiger partial charge in [0.2, 0.25) is 5.91 Å². The van der Waals surface area contributed by atoms with Gasteiger partial charge in [0.25, 0.3) is 5.91 Å². The molecular weight excluding hydrogens is 504 g/mol. The summed E-state index contributed by atoms with van der Waals surface area (Å²) in [6, 6.07) is 6.26. The Balaban J connectivity index is 0.00000304. The van der Waals surface area contributed by atoms with Crippen LogP contribution >= 0.6 is 0 Å². The molecule has 0 bridgehead atoms. The Kier molecular flexibility index (Phi) is 8.90. The minimum Gasteiger partial charge on any atom is -0.591 e. The molecule has 8 heteroatoms. The molecule has 1 aromatic carbocycles. The van der Waals surface area contributed by atoms with Gasteiger partial charge in [-0.05, 0) is 87.2 Å². The number of nitrogens with one attached hydrogen (secondary N) is 1. The topological polar surface area (TPSA) is 88.6 Å². The van der Waals surface area contributed by atoms with Crippen LogP contribution in [-0.4, -0.2) is 42.0 Å². The van der Waals surface area contributed by atoms with Gasteiger partial charge in [0.05, 0.1) is 0 Å². The van der Waals surface area contributed by atoms with Gasteiger partial charge in [0.1, 0.15) is 12.7 Å². The summed E-state index contributed by atoms with van der Waals surface area (Å²) in [6.45, 7) is 0.0621. The Morgan fingerprint density at radius 3 is 2.61 bits per heavy atom. The second kappa shape index (κ2) is 11.9. The molecule has 5 rings (SSSR count). The summed E-state index contributed by atoms with van der Waals surface area (Å²) < 4.78 is 18.3. The predicted octanol–water partition coefficient (Wildman–Crippen LogP) is 5.13. The molecular formula is C28H35CoFN3O3-. The molecule has 2 heterocycles. The Hall–Kier alpha value is -2.16. The van der Waals surface area contributed by atoms with Crippen molar-refractivity contribution in [2.24, 2.45) is 17.6 Å². The zero-order chi connectivity index (χ0) is 24.4. The third-order valence-corrected chi connectivity index (χ3v) is 8.27. The number of alkyl halides is 1. The predicted molar refractivity (Wildman–Crippen MR) is 133 cm³/mol. The molecule has 2 atom stereocenters. The number of nitrogens with zero attached hydrogens (tertiary/aromatic N) is 1. The van der Waals surface area contributed by atoms with Crippen LogP contribution in [0, 0.1) is 18.1 Å². The number of benzene rings is 1. The number of hydrogen-bond acceptors (Lipinski definition) is 4. The number of carbonyl (C=O) groups is 2. The molecule has 3 aliphatic rings. The van der Waals surface area contributed by atoms with Crippen LogP contribution < -0.4 is 11.1 Å². The third-order valence-electron chi connectivity index (χ3n) is 8.27. The van der Waals surface area contributed by atoms with Crippen LogP contribution in [0.2, 0.25) is 0 Å². The maximum absolute atomic E-state index is 13.7. The van der Waals surface area contributed by atoms with Crippen molar-refractivity contribution in [3.05, 3.63) is 41.7 Å². The summed E-state index contributed by atoms with van der Waals surface area (Å²) in [5.74, 6) is -0.0776. The molecule has 1 radical (unpaired) electrons. The maximum atomic E-state index is 13.7. The van der Waals surface area contributed by atoms with E-state index in [-0.39, 0.29) is 40.4 Å². The van der Waals surface area contributed by atoms with E-state index in [1.165, 1.54) is 12.0 Å². The van der Waals surface area contributed by atoms with Gasteiger partial charge in [-0.25, -0.2) is 4.39 Å². The average molecular weight is 540 g/mol. The number of hydrogen-bond donors (Lipinski definition) is 2. The van der Waals surface area contributed by atoms with E-state index >= 15 is 0 Å².